The van der Waals surface area contributed by atoms with Gasteiger partial charge in [-0.25, -0.2) is 0 Å². The van der Waals surface area contributed by atoms with Gasteiger partial charge in [-0.2, -0.15) is 0 Å². The Balaban J connectivity index is 1.71. The molecule has 22 heavy (non-hydrogen) atoms. The summed E-state index contributed by atoms with van der Waals surface area (Å²) in [4.78, 5) is 23.3. The summed E-state index contributed by atoms with van der Waals surface area (Å²) in [5.74, 6) is -0.720. The number of rotatable bonds is 6. The number of hydrogen-bond acceptors (Lipinski definition) is 3. The first-order valence-electron chi connectivity index (χ1n) is 6.85. The summed E-state index contributed by atoms with van der Waals surface area (Å²) in [6, 6.07) is 16.4. The van der Waals surface area contributed by atoms with Gasteiger partial charge in [0.1, 0.15) is 13.2 Å². The van der Waals surface area contributed by atoms with E-state index in [1.165, 1.54) is 0 Å². The van der Waals surface area contributed by atoms with E-state index in [-0.39, 0.29) is 25.5 Å². The van der Waals surface area contributed by atoms with E-state index in [2.05, 4.69) is 5.32 Å². The monoisotopic (exact) mass is 317 g/mol. The van der Waals surface area contributed by atoms with Crippen molar-refractivity contribution in [3.8, 4) is 0 Å². The Morgan fingerprint density at radius 1 is 1.00 bits per heavy atom. The summed E-state index contributed by atoms with van der Waals surface area (Å²) in [6.07, 6.45) is 0.235. The quantitative estimate of drug-likeness (QED) is 0.833. The van der Waals surface area contributed by atoms with Crippen LogP contribution in [0, 0.1) is 0 Å². The molecule has 2 aromatic carbocycles. The predicted molar refractivity (Wildman–Crippen MR) is 84.4 cm³/mol. The van der Waals surface area contributed by atoms with Crippen molar-refractivity contribution in [2.75, 3.05) is 6.54 Å². The molecule has 0 heterocycles. The third-order valence-corrected chi connectivity index (χ3v) is 3.35. The molecule has 0 radical (unpaired) electrons. The van der Waals surface area contributed by atoms with Crippen LogP contribution in [0.2, 0.25) is 5.02 Å². The van der Waals surface area contributed by atoms with E-state index in [1.807, 2.05) is 36.4 Å². The van der Waals surface area contributed by atoms with Gasteiger partial charge in [0.25, 0.3) is 0 Å². The van der Waals surface area contributed by atoms with Crippen LogP contribution in [0.1, 0.15) is 11.1 Å². The zero-order valence-electron chi connectivity index (χ0n) is 11.9. The number of ether oxygens (including phenoxy) is 1. The Morgan fingerprint density at radius 2 is 1.68 bits per heavy atom. The van der Waals surface area contributed by atoms with Gasteiger partial charge in [0.05, 0.1) is 6.42 Å². The van der Waals surface area contributed by atoms with Crippen molar-refractivity contribution in [2.45, 2.75) is 13.0 Å². The largest absolute Gasteiger partial charge is 0.459 e. The summed E-state index contributed by atoms with van der Waals surface area (Å²) < 4.78 is 5.07. The van der Waals surface area contributed by atoms with Gasteiger partial charge >= 0.3 is 5.97 Å². The van der Waals surface area contributed by atoms with E-state index in [0.29, 0.717) is 5.02 Å². The molecule has 5 heteroatoms. The van der Waals surface area contributed by atoms with Gasteiger partial charge < -0.3 is 10.1 Å². The first kappa shape index (κ1) is 16.0. The summed E-state index contributed by atoms with van der Waals surface area (Å²) in [5, 5.41) is 3.08. The van der Waals surface area contributed by atoms with E-state index in [9.17, 15) is 9.59 Å². The third kappa shape index (κ3) is 5.22. The smallest absolute Gasteiger partial charge is 0.325 e. The summed E-state index contributed by atoms with van der Waals surface area (Å²) in [6.45, 7) is -0.0663. The predicted octanol–water partition coefficient (Wildman–Crippen LogP) is 2.74. The number of hydrogen-bond donors (Lipinski definition) is 1. The standard InChI is InChI=1S/C17H16ClNO3/c18-15-9-5-4-8-14(15)12-22-17(21)11-19-16(20)10-13-6-2-1-3-7-13/h1-9H,10-12H2,(H,19,20). The highest BCUT2D eigenvalue weighted by Gasteiger charge is 2.08. The topological polar surface area (TPSA) is 55.4 Å². The molecule has 1 amide bonds. The van der Waals surface area contributed by atoms with Gasteiger partial charge in [-0.1, -0.05) is 60.1 Å². The number of nitrogens with one attached hydrogen (secondary N) is 1. The van der Waals surface area contributed by atoms with Gasteiger partial charge in [0.2, 0.25) is 5.91 Å². The maximum absolute atomic E-state index is 11.7. The lowest BCUT2D eigenvalue weighted by molar-refractivity contribution is -0.145. The SMILES string of the molecule is O=C(Cc1ccccc1)NCC(=O)OCc1ccccc1Cl. The molecule has 0 unspecified atom stereocenters. The zero-order valence-corrected chi connectivity index (χ0v) is 12.7. The molecule has 2 aromatic rings. The van der Waals surface area contributed by atoms with Crippen LogP contribution in [0.3, 0.4) is 0 Å². The maximum atomic E-state index is 11.7. The highest BCUT2D eigenvalue weighted by atomic mass is 35.5. The fourth-order valence-electron chi connectivity index (χ4n) is 1.84. The summed E-state index contributed by atoms with van der Waals surface area (Å²) >= 11 is 5.96. The fourth-order valence-corrected chi connectivity index (χ4v) is 2.03. The average Bonchev–Trinajstić information content (AvgIpc) is 2.53. The van der Waals surface area contributed by atoms with Crippen LogP contribution in [-0.2, 0) is 27.4 Å². The van der Waals surface area contributed by atoms with Crippen LogP contribution in [0.5, 0.6) is 0 Å². The molecule has 0 aliphatic rings. The van der Waals surface area contributed by atoms with E-state index in [0.717, 1.165) is 11.1 Å². The molecule has 0 saturated carbocycles. The van der Waals surface area contributed by atoms with Crippen molar-refractivity contribution in [1.29, 1.82) is 0 Å². The minimum Gasteiger partial charge on any atom is -0.459 e. The van der Waals surface area contributed by atoms with Gasteiger partial charge in [0, 0.05) is 10.6 Å². The molecule has 4 nitrogen and oxygen atoms in total. The van der Waals surface area contributed by atoms with E-state index in [1.54, 1.807) is 18.2 Å². The van der Waals surface area contributed by atoms with Crippen molar-refractivity contribution in [3.05, 3.63) is 70.7 Å². The molecule has 0 aliphatic heterocycles. The molecule has 0 saturated heterocycles. The zero-order chi connectivity index (χ0) is 15.8. The second-order valence-corrected chi connectivity index (χ2v) is 5.10. The molecule has 2 rings (SSSR count). The molecule has 0 spiro atoms. The Hall–Kier alpha value is -2.33. The van der Waals surface area contributed by atoms with Gasteiger partial charge in [-0.3, -0.25) is 9.59 Å². The van der Waals surface area contributed by atoms with Crippen LogP contribution in [0.4, 0.5) is 0 Å². The molecule has 0 aliphatic carbocycles. The minimum atomic E-state index is -0.499. The maximum Gasteiger partial charge on any atom is 0.325 e. The lowest BCUT2D eigenvalue weighted by atomic mass is 10.1. The van der Waals surface area contributed by atoms with Gasteiger partial charge in [-0.15, -0.1) is 0 Å². The molecular formula is C17H16ClNO3. The highest BCUT2D eigenvalue weighted by molar-refractivity contribution is 6.31. The number of benzene rings is 2. The first-order valence-corrected chi connectivity index (χ1v) is 7.22. The molecule has 1 N–H and O–H groups in total. The lowest BCUT2D eigenvalue weighted by Crippen LogP contribution is -2.31. The number of carbonyl (C=O) groups excluding carboxylic acids is 2. The van der Waals surface area contributed by atoms with Crippen LogP contribution < -0.4 is 5.32 Å². The van der Waals surface area contributed by atoms with Crippen molar-refractivity contribution >= 4 is 23.5 Å². The molecule has 0 fully saturated rings. The lowest BCUT2D eigenvalue weighted by Gasteiger charge is -2.07. The Labute approximate surface area is 134 Å². The highest BCUT2D eigenvalue weighted by Crippen LogP contribution is 2.15. The third-order valence-electron chi connectivity index (χ3n) is 2.98. The molecular weight excluding hydrogens is 302 g/mol. The fraction of sp³-hybridized carbons (Fsp3) is 0.176. The van der Waals surface area contributed by atoms with Crippen molar-refractivity contribution in [2.24, 2.45) is 0 Å². The Kier molecular flexibility index (Phi) is 5.98. The van der Waals surface area contributed by atoms with Crippen LogP contribution in [0.15, 0.2) is 54.6 Å². The van der Waals surface area contributed by atoms with E-state index < -0.39 is 5.97 Å². The van der Waals surface area contributed by atoms with E-state index >= 15 is 0 Å². The number of carbonyl (C=O) groups is 2. The van der Waals surface area contributed by atoms with Crippen LogP contribution in [-0.4, -0.2) is 18.4 Å². The number of halogens is 1. The Morgan fingerprint density at radius 3 is 2.41 bits per heavy atom. The van der Waals surface area contributed by atoms with Crippen molar-refractivity contribution < 1.29 is 14.3 Å². The van der Waals surface area contributed by atoms with Gasteiger partial charge in [-0.05, 0) is 11.6 Å². The molecule has 114 valence electrons. The molecule has 0 atom stereocenters. The summed E-state index contributed by atoms with van der Waals surface area (Å²) in [7, 11) is 0. The summed E-state index contributed by atoms with van der Waals surface area (Å²) in [5.41, 5.74) is 1.62. The first-order chi connectivity index (χ1) is 10.6. The number of amides is 1. The van der Waals surface area contributed by atoms with Gasteiger partial charge in [0.15, 0.2) is 0 Å². The Bertz CT molecular complexity index is 643. The number of esters is 1. The van der Waals surface area contributed by atoms with Crippen LogP contribution in [0.25, 0.3) is 0 Å². The normalized spacial score (nSPS) is 10.0. The van der Waals surface area contributed by atoms with Crippen molar-refractivity contribution in [3.63, 3.8) is 0 Å². The molecule has 0 aromatic heterocycles. The minimum absolute atomic E-state index is 0.0903. The molecule has 0 bridgehead atoms. The average molecular weight is 318 g/mol. The second kappa shape index (κ2) is 8.20. The van der Waals surface area contributed by atoms with Crippen LogP contribution >= 0.6 is 11.6 Å². The van der Waals surface area contributed by atoms with E-state index in [4.69, 9.17) is 16.3 Å². The van der Waals surface area contributed by atoms with Crippen molar-refractivity contribution in [1.82, 2.24) is 5.32 Å². The second-order valence-electron chi connectivity index (χ2n) is 4.69.